The molecule has 5 rings (SSSR count). The van der Waals surface area contributed by atoms with Crippen LogP contribution in [0.25, 0.3) is 0 Å². The minimum Gasteiger partial charge on any atom is -0.351 e. The summed E-state index contributed by atoms with van der Waals surface area (Å²) in [6, 6.07) is 10.8. The van der Waals surface area contributed by atoms with Crippen molar-refractivity contribution in [2.24, 2.45) is 11.7 Å². The largest absolute Gasteiger partial charge is 0.351 e. The quantitative estimate of drug-likeness (QED) is 0.762. The Morgan fingerprint density at radius 3 is 2.62 bits per heavy atom. The summed E-state index contributed by atoms with van der Waals surface area (Å²) < 4.78 is 0. The topological polar surface area (TPSA) is 82.8 Å². The number of carbonyl (C=O) groups is 2. The lowest BCUT2D eigenvalue weighted by Gasteiger charge is -2.40. The molecule has 2 aromatic rings. The summed E-state index contributed by atoms with van der Waals surface area (Å²) in [6.45, 7) is 6.58. The van der Waals surface area contributed by atoms with E-state index in [1.165, 1.54) is 27.9 Å². The van der Waals surface area contributed by atoms with Crippen molar-refractivity contribution in [3.05, 3.63) is 64.5 Å². The highest BCUT2D eigenvalue weighted by Crippen LogP contribution is 2.36. The van der Waals surface area contributed by atoms with E-state index in [0.29, 0.717) is 19.5 Å². The first-order chi connectivity index (χ1) is 16.5. The number of aromatic nitrogens is 1. The van der Waals surface area contributed by atoms with E-state index in [-0.39, 0.29) is 23.9 Å². The smallest absolute Gasteiger partial charge is 0.314 e. The van der Waals surface area contributed by atoms with E-state index in [9.17, 15) is 9.59 Å². The fraction of sp³-hybridized carbons (Fsp3) is 0.519. The van der Waals surface area contributed by atoms with Gasteiger partial charge in [-0.2, -0.15) is 0 Å². The van der Waals surface area contributed by atoms with Crippen molar-refractivity contribution in [2.45, 2.75) is 45.1 Å². The van der Waals surface area contributed by atoms with Crippen LogP contribution in [-0.4, -0.2) is 70.9 Å². The van der Waals surface area contributed by atoms with E-state index in [0.717, 1.165) is 51.9 Å². The van der Waals surface area contributed by atoms with E-state index in [2.05, 4.69) is 36.1 Å². The highest BCUT2D eigenvalue weighted by molar-refractivity contribution is 5.77. The second-order valence-electron chi connectivity index (χ2n) is 10.1. The van der Waals surface area contributed by atoms with Gasteiger partial charge >= 0.3 is 6.03 Å². The number of fused-ring (bicyclic) bond motifs is 2. The predicted molar refractivity (Wildman–Crippen MR) is 131 cm³/mol. The molecule has 7 heteroatoms. The Bertz CT molecular complexity index is 1060. The van der Waals surface area contributed by atoms with Gasteiger partial charge in [0.2, 0.25) is 5.91 Å². The number of piperazine rings is 1. The summed E-state index contributed by atoms with van der Waals surface area (Å²) in [5.74, 6) is 0.409. The van der Waals surface area contributed by atoms with Crippen LogP contribution in [0.3, 0.4) is 0 Å². The first-order valence-electron chi connectivity index (χ1n) is 12.6. The fourth-order valence-corrected chi connectivity index (χ4v) is 5.95. The van der Waals surface area contributed by atoms with Gasteiger partial charge in [0.05, 0.1) is 11.7 Å². The molecule has 0 bridgehead atoms. The molecular weight excluding hydrogens is 426 g/mol. The van der Waals surface area contributed by atoms with Crippen molar-refractivity contribution in [3.8, 4) is 0 Å². The van der Waals surface area contributed by atoms with Crippen LogP contribution in [0.4, 0.5) is 4.79 Å². The molecule has 7 nitrogen and oxygen atoms in total. The SMILES string of the molecule is Cc1ccc2c(c1)CCc1cccnc1C2N1CCN(C(=O)CC2CCCN(C(N)=O)C2)CC1. The molecule has 2 N–H and O–H groups in total. The Hall–Kier alpha value is -2.93. The number of likely N-dealkylation sites (tertiary alicyclic amines) is 1. The number of piperidine rings is 1. The molecule has 2 atom stereocenters. The van der Waals surface area contributed by atoms with Gasteiger partial charge in [-0.05, 0) is 61.3 Å². The number of benzene rings is 1. The van der Waals surface area contributed by atoms with Crippen molar-refractivity contribution < 1.29 is 9.59 Å². The summed E-state index contributed by atoms with van der Waals surface area (Å²) in [5, 5.41) is 0. The Kier molecular flexibility index (Phi) is 6.55. The van der Waals surface area contributed by atoms with Gasteiger partial charge in [0.1, 0.15) is 0 Å². The monoisotopic (exact) mass is 461 g/mol. The molecule has 3 aliphatic rings. The molecule has 1 aromatic carbocycles. The first kappa shape index (κ1) is 22.8. The maximum absolute atomic E-state index is 13.1. The van der Waals surface area contributed by atoms with Crippen molar-refractivity contribution in [3.63, 3.8) is 0 Å². The Labute approximate surface area is 201 Å². The summed E-state index contributed by atoms with van der Waals surface area (Å²) in [7, 11) is 0. The first-order valence-corrected chi connectivity index (χ1v) is 12.6. The number of urea groups is 1. The molecule has 1 aromatic heterocycles. The molecule has 3 heterocycles. The molecule has 0 spiro atoms. The lowest BCUT2D eigenvalue weighted by molar-refractivity contribution is -0.134. The molecule has 34 heavy (non-hydrogen) atoms. The normalized spacial score (nSPS) is 23.1. The number of nitrogens with zero attached hydrogens (tertiary/aromatic N) is 4. The number of rotatable bonds is 3. The average Bonchev–Trinajstić information content (AvgIpc) is 3.01. The lowest BCUT2D eigenvalue weighted by Crippen LogP contribution is -2.51. The number of primary amides is 1. The third-order valence-electron chi connectivity index (χ3n) is 7.77. The van der Waals surface area contributed by atoms with Crippen LogP contribution in [0.5, 0.6) is 0 Å². The fourth-order valence-electron chi connectivity index (χ4n) is 5.95. The molecule has 2 fully saturated rings. The van der Waals surface area contributed by atoms with Crippen LogP contribution < -0.4 is 5.73 Å². The highest BCUT2D eigenvalue weighted by Gasteiger charge is 2.34. The third kappa shape index (κ3) is 4.67. The minimum atomic E-state index is -0.376. The summed E-state index contributed by atoms with van der Waals surface area (Å²) in [4.78, 5) is 35.6. The van der Waals surface area contributed by atoms with Crippen LogP contribution in [0, 0.1) is 12.8 Å². The zero-order valence-corrected chi connectivity index (χ0v) is 20.1. The standard InChI is InChI=1S/C27H35N5O2/c1-19-6-9-23-22(16-19)8-7-21-5-2-10-29-25(21)26(23)31-14-12-30(13-15-31)24(33)17-20-4-3-11-32(18-20)27(28)34/h2,5-6,9-10,16,20,26H,3-4,7-8,11-15,17-18H2,1H3,(H2,28,34). The van der Waals surface area contributed by atoms with Gasteiger partial charge in [0.25, 0.3) is 0 Å². The van der Waals surface area contributed by atoms with Gasteiger partial charge in [0.15, 0.2) is 0 Å². The van der Waals surface area contributed by atoms with Crippen LogP contribution in [0.1, 0.15) is 53.3 Å². The van der Waals surface area contributed by atoms with E-state index in [1.807, 2.05) is 17.2 Å². The van der Waals surface area contributed by atoms with E-state index < -0.39 is 0 Å². The molecule has 180 valence electrons. The van der Waals surface area contributed by atoms with E-state index in [4.69, 9.17) is 10.7 Å². The zero-order chi connectivity index (χ0) is 23.7. The second kappa shape index (κ2) is 9.74. The molecule has 3 amide bonds. The lowest BCUT2D eigenvalue weighted by atomic mass is 9.93. The van der Waals surface area contributed by atoms with Crippen molar-refractivity contribution in [1.82, 2.24) is 19.7 Å². The number of amides is 3. The van der Waals surface area contributed by atoms with Gasteiger partial charge in [-0.25, -0.2) is 4.79 Å². The van der Waals surface area contributed by atoms with Crippen LogP contribution >= 0.6 is 0 Å². The van der Waals surface area contributed by atoms with Crippen LogP contribution in [-0.2, 0) is 17.6 Å². The third-order valence-corrected chi connectivity index (χ3v) is 7.77. The molecule has 0 saturated carbocycles. The predicted octanol–water partition coefficient (Wildman–Crippen LogP) is 2.90. The minimum absolute atomic E-state index is 0.133. The van der Waals surface area contributed by atoms with Crippen molar-refractivity contribution >= 4 is 11.9 Å². The van der Waals surface area contributed by atoms with Crippen LogP contribution in [0.15, 0.2) is 36.5 Å². The molecule has 0 radical (unpaired) electrons. The number of pyridine rings is 1. The number of hydrogen-bond donors (Lipinski definition) is 1. The van der Waals surface area contributed by atoms with Crippen molar-refractivity contribution in [1.29, 1.82) is 0 Å². The van der Waals surface area contributed by atoms with Gasteiger partial charge in [-0.3, -0.25) is 14.7 Å². The Morgan fingerprint density at radius 2 is 1.82 bits per heavy atom. The zero-order valence-electron chi connectivity index (χ0n) is 20.1. The maximum Gasteiger partial charge on any atom is 0.314 e. The summed E-state index contributed by atoms with van der Waals surface area (Å²) >= 11 is 0. The molecule has 1 aliphatic carbocycles. The maximum atomic E-state index is 13.1. The molecule has 2 aliphatic heterocycles. The van der Waals surface area contributed by atoms with Gasteiger partial charge in [0, 0.05) is 51.9 Å². The van der Waals surface area contributed by atoms with Gasteiger partial charge in [-0.1, -0.05) is 29.8 Å². The average molecular weight is 462 g/mol. The van der Waals surface area contributed by atoms with E-state index >= 15 is 0 Å². The van der Waals surface area contributed by atoms with Crippen molar-refractivity contribution in [2.75, 3.05) is 39.3 Å². The number of aryl methyl sites for hydroxylation is 3. The van der Waals surface area contributed by atoms with Gasteiger partial charge in [-0.15, -0.1) is 0 Å². The number of hydrogen-bond acceptors (Lipinski definition) is 4. The Balaban J connectivity index is 1.28. The molecule has 2 saturated heterocycles. The highest BCUT2D eigenvalue weighted by atomic mass is 16.2. The second-order valence-corrected chi connectivity index (χ2v) is 10.1. The number of carbonyl (C=O) groups excluding carboxylic acids is 2. The molecular formula is C27H35N5O2. The molecule has 2 unspecified atom stereocenters. The summed E-state index contributed by atoms with van der Waals surface area (Å²) in [5.41, 5.74) is 12.0. The van der Waals surface area contributed by atoms with E-state index in [1.54, 1.807) is 4.90 Å². The number of nitrogens with two attached hydrogens (primary N) is 1. The van der Waals surface area contributed by atoms with Crippen LogP contribution in [0.2, 0.25) is 0 Å². The van der Waals surface area contributed by atoms with Gasteiger partial charge < -0.3 is 15.5 Å². The summed E-state index contributed by atoms with van der Waals surface area (Å²) in [6.07, 6.45) is 6.36. The Morgan fingerprint density at radius 1 is 1.03 bits per heavy atom.